The van der Waals surface area contributed by atoms with E-state index in [9.17, 15) is 0 Å². The SMILES string of the molecule is CC(C)C(C(C)C)C1CC1.CC(C)CCCC(C(C)C)C(C)C.CC(C)CCCCC(C(C)C)C(C)C. The Morgan fingerprint density at radius 1 is 0.378 bits per heavy atom. The van der Waals surface area contributed by atoms with Crippen LogP contribution < -0.4 is 0 Å². The summed E-state index contributed by atoms with van der Waals surface area (Å²) in [5, 5.41) is 0. The monoisotopic (exact) mass is 523 g/mol. The maximum absolute atomic E-state index is 2.37. The minimum Gasteiger partial charge on any atom is -0.0628 e. The van der Waals surface area contributed by atoms with Crippen molar-refractivity contribution in [3.05, 3.63) is 0 Å². The molecule has 1 aliphatic rings. The molecule has 226 valence electrons. The summed E-state index contributed by atoms with van der Waals surface area (Å²) >= 11 is 0. The van der Waals surface area contributed by atoms with Crippen molar-refractivity contribution in [2.24, 2.45) is 71.0 Å². The van der Waals surface area contributed by atoms with Gasteiger partial charge in [0.15, 0.2) is 0 Å². The molecule has 0 aromatic carbocycles. The van der Waals surface area contributed by atoms with Gasteiger partial charge in [0.2, 0.25) is 0 Å². The van der Waals surface area contributed by atoms with E-state index in [1.165, 1.54) is 57.8 Å². The fourth-order valence-corrected chi connectivity index (χ4v) is 6.91. The third-order valence-corrected chi connectivity index (χ3v) is 9.02. The Bertz CT molecular complexity index is 448. The molecule has 0 heteroatoms. The number of rotatable bonds is 16. The van der Waals surface area contributed by atoms with Gasteiger partial charge in [-0.05, 0) is 96.7 Å². The van der Waals surface area contributed by atoms with E-state index in [1.807, 2.05) is 0 Å². The average molecular weight is 523 g/mol. The molecular formula is C37H78. The lowest BCUT2D eigenvalue weighted by atomic mass is 9.81. The van der Waals surface area contributed by atoms with Gasteiger partial charge in [0.25, 0.3) is 0 Å². The molecule has 1 rings (SSSR count). The Labute approximate surface area is 239 Å². The minimum absolute atomic E-state index is 0.854. The van der Waals surface area contributed by atoms with E-state index in [-0.39, 0.29) is 0 Å². The summed E-state index contributed by atoms with van der Waals surface area (Å²) in [4.78, 5) is 0. The molecule has 0 aromatic rings. The van der Waals surface area contributed by atoms with Gasteiger partial charge in [-0.15, -0.1) is 0 Å². The van der Waals surface area contributed by atoms with E-state index >= 15 is 0 Å². The minimum atomic E-state index is 0.854. The van der Waals surface area contributed by atoms with Crippen molar-refractivity contribution in [3.63, 3.8) is 0 Å². The topological polar surface area (TPSA) is 0 Å². The molecule has 0 amide bonds. The summed E-state index contributed by atoms with van der Waals surface area (Å²) in [6, 6.07) is 0. The molecule has 1 aliphatic carbocycles. The lowest BCUT2D eigenvalue weighted by Crippen LogP contribution is -2.17. The second kappa shape index (κ2) is 21.8. The van der Waals surface area contributed by atoms with Gasteiger partial charge in [0, 0.05) is 0 Å². The van der Waals surface area contributed by atoms with Crippen LogP contribution in [0.3, 0.4) is 0 Å². The molecule has 0 atom stereocenters. The van der Waals surface area contributed by atoms with Crippen molar-refractivity contribution in [3.8, 4) is 0 Å². The van der Waals surface area contributed by atoms with Gasteiger partial charge in [-0.2, -0.15) is 0 Å². The normalized spacial score (nSPS) is 14.4. The van der Waals surface area contributed by atoms with Crippen molar-refractivity contribution >= 4 is 0 Å². The van der Waals surface area contributed by atoms with Crippen molar-refractivity contribution in [1.82, 2.24) is 0 Å². The van der Waals surface area contributed by atoms with Gasteiger partial charge < -0.3 is 0 Å². The first kappa shape index (κ1) is 39.1. The Morgan fingerprint density at radius 3 is 0.919 bits per heavy atom. The van der Waals surface area contributed by atoms with Crippen LogP contribution in [0.1, 0.15) is 169 Å². The molecule has 0 N–H and O–H groups in total. The van der Waals surface area contributed by atoms with Crippen LogP contribution in [0.15, 0.2) is 0 Å². The summed E-state index contributed by atoms with van der Waals surface area (Å²) in [7, 11) is 0. The molecule has 0 unspecified atom stereocenters. The van der Waals surface area contributed by atoms with Gasteiger partial charge in [-0.3, -0.25) is 0 Å². The fourth-order valence-electron chi connectivity index (χ4n) is 6.91. The van der Waals surface area contributed by atoms with Crippen molar-refractivity contribution in [2.45, 2.75) is 169 Å². The molecule has 1 fully saturated rings. The second-order valence-electron chi connectivity index (χ2n) is 15.7. The van der Waals surface area contributed by atoms with Crippen LogP contribution in [-0.2, 0) is 0 Å². The zero-order valence-electron chi connectivity index (χ0n) is 29.3. The Balaban J connectivity index is 0. The molecule has 0 heterocycles. The summed E-state index contributed by atoms with van der Waals surface area (Å²) in [5.74, 6) is 10.9. The Hall–Kier alpha value is 0. The van der Waals surface area contributed by atoms with E-state index in [2.05, 4.69) is 111 Å². The van der Waals surface area contributed by atoms with Crippen LogP contribution in [0.2, 0.25) is 0 Å². The lowest BCUT2D eigenvalue weighted by molar-refractivity contribution is 0.252. The highest BCUT2D eigenvalue weighted by Gasteiger charge is 2.34. The standard InChI is InChI=1S/C14H30.C13H28.C10H20/c1-11(2)9-7-8-10-14(12(3)4)13(5)6;1-10(2)8-7-9-13(11(3)4)12(5)6;1-7(2)10(8(3)4)9-5-6-9/h11-14H,7-10H2,1-6H3;10-13H,7-9H2,1-6H3;7-10H,5-6H2,1-4H3. The predicted octanol–water partition coefficient (Wildman–Crippen LogP) is 13.2. The lowest BCUT2D eigenvalue weighted by Gasteiger charge is -2.25. The fraction of sp³-hybridized carbons (Fsp3) is 1.00. The first-order valence-electron chi connectivity index (χ1n) is 17.0. The third kappa shape index (κ3) is 21.5. The zero-order chi connectivity index (χ0) is 29.3. The number of unbranched alkanes of at least 4 members (excludes halogenated alkanes) is 1. The summed E-state index contributed by atoms with van der Waals surface area (Å²) < 4.78 is 0. The molecular weight excluding hydrogens is 444 g/mol. The second-order valence-corrected chi connectivity index (χ2v) is 15.7. The Kier molecular flexibility index (Phi) is 23.0. The van der Waals surface area contributed by atoms with E-state index in [1.54, 1.807) is 0 Å². The summed E-state index contributed by atoms with van der Waals surface area (Å²) in [6.45, 7) is 37.7. The maximum Gasteiger partial charge on any atom is -0.0340 e. The smallest absolute Gasteiger partial charge is 0.0340 e. The highest BCUT2D eigenvalue weighted by atomic mass is 14.4. The first-order valence-corrected chi connectivity index (χ1v) is 17.0. The van der Waals surface area contributed by atoms with Gasteiger partial charge in [0.05, 0.1) is 0 Å². The molecule has 0 saturated heterocycles. The van der Waals surface area contributed by atoms with Crippen LogP contribution >= 0.6 is 0 Å². The molecule has 0 radical (unpaired) electrons. The van der Waals surface area contributed by atoms with Gasteiger partial charge in [0.1, 0.15) is 0 Å². The highest BCUT2D eigenvalue weighted by molar-refractivity contribution is 4.84. The highest BCUT2D eigenvalue weighted by Crippen LogP contribution is 2.44. The van der Waals surface area contributed by atoms with Crippen LogP contribution in [0.25, 0.3) is 0 Å². The first-order chi connectivity index (χ1) is 17.0. The van der Waals surface area contributed by atoms with Crippen molar-refractivity contribution < 1.29 is 0 Å². The summed E-state index contributed by atoms with van der Waals surface area (Å²) in [5.41, 5.74) is 0. The predicted molar refractivity (Wildman–Crippen MR) is 174 cm³/mol. The van der Waals surface area contributed by atoms with Gasteiger partial charge in [-0.25, -0.2) is 0 Å². The molecule has 0 bridgehead atoms. The van der Waals surface area contributed by atoms with Crippen LogP contribution in [0.4, 0.5) is 0 Å². The van der Waals surface area contributed by atoms with E-state index in [0.29, 0.717) is 0 Å². The summed E-state index contributed by atoms with van der Waals surface area (Å²) in [6.07, 6.45) is 12.9. The van der Waals surface area contributed by atoms with Gasteiger partial charge in [-0.1, -0.05) is 143 Å². The molecule has 37 heavy (non-hydrogen) atoms. The van der Waals surface area contributed by atoms with Crippen molar-refractivity contribution in [1.29, 1.82) is 0 Å². The zero-order valence-corrected chi connectivity index (χ0v) is 29.3. The van der Waals surface area contributed by atoms with E-state index in [4.69, 9.17) is 0 Å². The van der Waals surface area contributed by atoms with Crippen LogP contribution in [0, 0.1) is 71.0 Å². The third-order valence-electron chi connectivity index (χ3n) is 9.02. The van der Waals surface area contributed by atoms with Gasteiger partial charge >= 0.3 is 0 Å². The number of hydrogen-bond acceptors (Lipinski definition) is 0. The molecule has 1 saturated carbocycles. The quantitative estimate of drug-likeness (QED) is 0.177. The van der Waals surface area contributed by atoms with Crippen LogP contribution in [0.5, 0.6) is 0 Å². The van der Waals surface area contributed by atoms with Crippen LogP contribution in [-0.4, -0.2) is 0 Å². The molecule has 0 nitrogen and oxygen atoms in total. The van der Waals surface area contributed by atoms with E-state index < -0.39 is 0 Å². The average Bonchev–Trinajstić information content (AvgIpc) is 3.54. The molecule has 0 aliphatic heterocycles. The molecule has 0 aromatic heterocycles. The Morgan fingerprint density at radius 2 is 0.676 bits per heavy atom. The molecule has 0 spiro atoms. The van der Waals surface area contributed by atoms with E-state index in [0.717, 1.165) is 71.0 Å². The largest absolute Gasteiger partial charge is 0.0628 e. The number of hydrogen-bond donors (Lipinski definition) is 0. The maximum atomic E-state index is 2.37. The van der Waals surface area contributed by atoms with Crippen molar-refractivity contribution in [2.75, 3.05) is 0 Å².